The van der Waals surface area contributed by atoms with Crippen molar-refractivity contribution in [2.75, 3.05) is 25.0 Å². The zero-order chi connectivity index (χ0) is 26.0. The van der Waals surface area contributed by atoms with E-state index >= 15 is 0 Å². The zero-order valence-corrected chi connectivity index (χ0v) is 21.9. The number of nitrogens with one attached hydrogen (secondary N) is 3. The van der Waals surface area contributed by atoms with E-state index in [2.05, 4.69) is 28.1 Å². The fourth-order valence-electron chi connectivity index (χ4n) is 5.40. The summed E-state index contributed by atoms with van der Waals surface area (Å²) in [7, 11) is 0. The molecule has 2 atom stereocenters. The Labute approximate surface area is 220 Å². The Bertz CT molecular complexity index is 1030. The number of nitrogens with zero attached hydrogens (tertiary/aromatic N) is 1. The van der Waals surface area contributed by atoms with Gasteiger partial charge < -0.3 is 20.9 Å². The highest BCUT2D eigenvalue weighted by atomic mass is 16.2. The number of hydrogen-bond donors (Lipinski definition) is 3. The maximum absolute atomic E-state index is 13.6. The summed E-state index contributed by atoms with van der Waals surface area (Å²) in [6.07, 6.45) is 7.32. The van der Waals surface area contributed by atoms with Crippen LogP contribution in [0.1, 0.15) is 69.0 Å². The van der Waals surface area contributed by atoms with Crippen LogP contribution in [0.15, 0.2) is 54.6 Å². The van der Waals surface area contributed by atoms with E-state index in [1.54, 1.807) is 6.92 Å². The molecule has 0 radical (unpaired) electrons. The minimum Gasteiger partial charge on any atom is -0.344 e. The Hall–Kier alpha value is -3.19. The van der Waals surface area contributed by atoms with E-state index in [-0.39, 0.29) is 23.8 Å². The maximum atomic E-state index is 13.6. The molecule has 7 nitrogen and oxygen atoms in total. The molecule has 2 aromatic carbocycles. The predicted octanol–water partition coefficient (Wildman–Crippen LogP) is 4.21. The lowest BCUT2D eigenvalue weighted by Gasteiger charge is -2.36. The minimum atomic E-state index is -0.631. The lowest BCUT2D eigenvalue weighted by molar-refractivity contribution is -0.137. The quantitative estimate of drug-likeness (QED) is 0.477. The first kappa shape index (κ1) is 26.9. The third-order valence-corrected chi connectivity index (χ3v) is 7.52. The molecule has 1 heterocycles. The van der Waals surface area contributed by atoms with Gasteiger partial charge in [0.25, 0.3) is 0 Å². The van der Waals surface area contributed by atoms with Crippen LogP contribution in [0.3, 0.4) is 0 Å². The van der Waals surface area contributed by atoms with Crippen molar-refractivity contribution in [3.05, 3.63) is 65.7 Å². The molecule has 0 bridgehead atoms. The molecule has 0 aromatic heterocycles. The Balaban J connectivity index is 1.37. The van der Waals surface area contributed by atoms with Gasteiger partial charge in [0.2, 0.25) is 17.7 Å². The van der Waals surface area contributed by atoms with Crippen LogP contribution in [0.4, 0.5) is 5.69 Å². The topological polar surface area (TPSA) is 90.5 Å². The van der Waals surface area contributed by atoms with Gasteiger partial charge in [0.1, 0.15) is 6.04 Å². The van der Waals surface area contributed by atoms with Gasteiger partial charge in [0, 0.05) is 50.6 Å². The molecule has 3 amide bonds. The fraction of sp³-hybridized carbons (Fsp3) is 0.500. The molecule has 2 aromatic rings. The molecule has 198 valence electrons. The van der Waals surface area contributed by atoms with E-state index in [1.807, 2.05) is 47.4 Å². The van der Waals surface area contributed by atoms with Crippen molar-refractivity contribution in [1.29, 1.82) is 0 Å². The second-order valence-electron chi connectivity index (χ2n) is 10.3. The smallest absolute Gasteiger partial charge is 0.245 e. The van der Waals surface area contributed by atoms with Crippen molar-refractivity contribution in [2.24, 2.45) is 5.92 Å². The highest BCUT2D eigenvalue weighted by Gasteiger charge is 2.30. The number of rotatable bonds is 9. The predicted molar refractivity (Wildman–Crippen MR) is 146 cm³/mol. The Kier molecular flexibility index (Phi) is 9.71. The van der Waals surface area contributed by atoms with Gasteiger partial charge in [-0.3, -0.25) is 14.4 Å². The van der Waals surface area contributed by atoms with Crippen molar-refractivity contribution in [1.82, 2.24) is 15.5 Å². The lowest BCUT2D eigenvalue weighted by atomic mass is 9.87. The summed E-state index contributed by atoms with van der Waals surface area (Å²) in [5.74, 6) is 0.358. The van der Waals surface area contributed by atoms with Crippen molar-refractivity contribution < 1.29 is 14.4 Å². The number of hydrogen-bond acceptors (Lipinski definition) is 4. The molecule has 2 fully saturated rings. The molecule has 0 unspecified atom stereocenters. The number of amides is 3. The van der Waals surface area contributed by atoms with Gasteiger partial charge in [-0.05, 0) is 42.0 Å². The average molecular weight is 505 g/mol. The third-order valence-electron chi connectivity index (χ3n) is 7.52. The van der Waals surface area contributed by atoms with Crippen LogP contribution in [0.25, 0.3) is 0 Å². The third kappa shape index (κ3) is 7.89. The van der Waals surface area contributed by atoms with Crippen molar-refractivity contribution in [2.45, 2.75) is 70.4 Å². The van der Waals surface area contributed by atoms with Crippen LogP contribution < -0.4 is 16.0 Å². The van der Waals surface area contributed by atoms with Gasteiger partial charge in [-0.1, -0.05) is 68.7 Å². The van der Waals surface area contributed by atoms with E-state index in [9.17, 15) is 14.4 Å². The first-order chi connectivity index (χ1) is 18.0. The average Bonchev–Trinajstić information content (AvgIpc) is 2.94. The summed E-state index contributed by atoms with van der Waals surface area (Å²) in [5.41, 5.74) is 2.85. The molecule has 37 heavy (non-hydrogen) atoms. The molecule has 0 spiro atoms. The van der Waals surface area contributed by atoms with Gasteiger partial charge in [-0.25, -0.2) is 0 Å². The van der Waals surface area contributed by atoms with Gasteiger partial charge >= 0.3 is 0 Å². The Morgan fingerprint density at radius 1 is 0.973 bits per heavy atom. The number of carbonyl (C=O) groups is 3. The molecular formula is C30H40N4O3. The molecule has 7 heteroatoms. The number of anilines is 1. The molecule has 1 aliphatic carbocycles. The zero-order valence-electron chi connectivity index (χ0n) is 21.9. The minimum absolute atomic E-state index is 0.0610. The molecule has 1 saturated carbocycles. The molecule has 3 N–H and O–H groups in total. The second kappa shape index (κ2) is 13.4. The number of carbonyl (C=O) groups excluding carboxylic acids is 3. The van der Waals surface area contributed by atoms with Crippen LogP contribution in [-0.2, 0) is 20.8 Å². The van der Waals surface area contributed by atoms with E-state index in [4.69, 9.17) is 0 Å². The Morgan fingerprint density at radius 2 is 1.70 bits per heavy atom. The van der Waals surface area contributed by atoms with Crippen LogP contribution in [0.5, 0.6) is 0 Å². The van der Waals surface area contributed by atoms with Crippen molar-refractivity contribution in [3.8, 4) is 0 Å². The van der Waals surface area contributed by atoms with Crippen molar-refractivity contribution >= 4 is 23.4 Å². The van der Waals surface area contributed by atoms with Gasteiger partial charge in [0.05, 0.1) is 0 Å². The lowest BCUT2D eigenvalue weighted by Crippen LogP contribution is -2.55. The van der Waals surface area contributed by atoms with Crippen molar-refractivity contribution in [3.63, 3.8) is 0 Å². The summed E-state index contributed by atoms with van der Waals surface area (Å²) in [6.45, 7) is 3.66. The molecule has 2 aliphatic rings. The largest absolute Gasteiger partial charge is 0.344 e. The second-order valence-corrected chi connectivity index (χ2v) is 10.3. The maximum Gasteiger partial charge on any atom is 0.245 e. The van der Waals surface area contributed by atoms with E-state index < -0.39 is 6.04 Å². The van der Waals surface area contributed by atoms with E-state index in [1.165, 1.54) is 19.3 Å². The van der Waals surface area contributed by atoms with Gasteiger partial charge in [-0.15, -0.1) is 0 Å². The van der Waals surface area contributed by atoms with Crippen LogP contribution in [0.2, 0.25) is 0 Å². The van der Waals surface area contributed by atoms with E-state index in [0.717, 1.165) is 29.7 Å². The molecule has 4 rings (SSSR count). The first-order valence-electron chi connectivity index (χ1n) is 13.8. The fourth-order valence-corrected chi connectivity index (χ4v) is 5.40. The molecule has 1 saturated heterocycles. The number of piperazine rings is 1. The highest BCUT2D eigenvalue weighted by molar-refractivity contribution is 5.91. The summed E-state index contributed by atoms with van der Waals surface area (Å²) < 4.78 is 0. The van der Waals surface area contributed by atoms with E-state index in [0.29, 0.717) is 44.8 Å². The van der Waals surface area contributed by atoms with Gasteiger partial charge in [-0.2, -0.15) is 0 Å². The van der Waals surface area contributed by atoms with Crippen LogP contribution in [-0.4, -0.2) is 48.3 Å². The van der Waals surface area contributed by atoms with Gasteiger partial charge in [0.15, 0.2) is 0 Å². The monoisotopic (exact) mass is 504 g/mol. The summed E-state index contributed by atoms with van der Waals surface area (Å²) in [4.78, 5) is 40.2. The first-order valence-corrected chi connectivity index (χ1v) is 13.8. The molecular weight excluding hydrogens is 464 g/mol. The van der Waals surface area contributed by atoms with Crippen LogP contribution in [0, 0.1) is 5.92 Å². The number of benzene rings is 2. The summed E-state index contributed by atoms with van der Waals surface area (Å²) in [5, 5.41) is 9.45. The van der Waals surface area contributed by atoms with Crippen LogP contribution >= 0.6 is 0 Å². The molecule has 1 aliphatic heterocycles. The summed E-state index contributed by atoms with van der Waals surface area (Å²) in [6, 6.07) is 17.2. The summed E-state index contributed by atoms with van der Waals surface area (Å²) >= 11 is 0. The standard InChI is InChI=1S/C30H40N4O3/c1-2-28(35)33-26(30(37)34-18-17-31-27(21-34)24-11-7-4-8-12-24)19-23-13-15-25(16-14-23)32-29(36)20-22-9-5-3-6-10-22/h4,7-8,11-16,22,26-27,31H,2-3,5-6,9-10,17-21H2,1H3,(H,32,36)(H,33,35)/t26-,27+/m1/s1. The SMILES string of the molecule is CCC(=O)N[C@H](Cc1ccc(NC(=O)CC2CCCCC2)cc1)C(=O)N1CCN[C@H](c2ccccc2)C1. The Morgan fingerprint density at radius 3 is 2.41 bits per heavy atom. The normalized spacial score (nSPS) is 19.2. The highest BCUT2D eigenvalue weighted by Crippen LogP contribution is 2.26.